The van der Waals surface area contributed by atoms with Crippen LogP contribution in [0.1, 0.15) is 39.5 Å². The van der Waals surface area contributed by atoms with Crippen LogP contribution in [0.15, 0.2) is 29.0 Å². The number of carbonyl (C=O) groups excluding carboxylic acids is 2. The molecule has 3 heterocycles. The van der Waals surface area contributed by atoms with Crippen LogP contribution < -0.4 is 0 Å². The van der Waals surface area contributed by atoms with E-state index < -0.39 is 6.04 Å². The first-order valence-electron chi connectivity index (χ1n) is 9.77. The Bertz CT molecular complexity index is 805. The number of hydrogen-bond donors (Lipinski definition) is 0. The average Bonchev–Trinajstić information content (AvgIpc) is 3.15. The second kappa shape index (κ2) is 8.95. The maximum absolute atomic E-state index is 12.6. The predicted octanol–water partition coefficient (Wildman–Crippen LogP) is 2.17. The maximum Gasteiger partial charge on any atom is 0.245 e. The molecule has 1 saturated heterocycles. The molecule has 8 nitrogen and oxygen atoms in total. The highest BCUT2D eigenvalue weighted by atomic mass is 16.5. The highest BCUT2D eigenvalue weighted by Crippen LogP contribution is 2.17. The second-order valence-corrected chi connectivity index (χ2v) is 7.54. The summed E-state index contributed by atoms with van der Waals surface area (Å²) in [5, 5.41) is 3.97. The predicted molar refractivity (Wildman–Crippen MR) is 103 cm³/mol. The molecule has 1 aliphatic rings. The van der Waals surface area contributed by atoms with Gasteiger partial charge in [0.05, 0.1) is 0 Å². The monoisotopic (exact) mass is 385 g/mol. The molecular weight excluding hydrogens is 358 g/mol. The van der Waals surface area contributed by atoms with Gasteiger partial charge in [-0.1, -0.05) is 19.0 Å². The quantitative estimate of drug-likeness (QED) is 0.725. The standard InChI is InChI=1S/C20H27N5O3/c1-14(2)13-24-11-12-25(15(3)20(24)27)18(26)6-4-5-17-22-19(23-28-17)16-7-9-21-10-8-16/h7-10,14-15H,4-6,11-13H2,1-3H3. The zero-order chi connectivity index (χ0) is 20.1. The molecule has 1 aliphatic heterocycles. The Balaban J connectivity index is 1.48. The number of aryl methyl sites for hydroxylation is 1. The summed E-state index contributed by atoms with van der Waals surface area (Å²) in [6.07, 6.45) is 4.83. The SMILES string of the molecule is CC(C)CN1CCN(C(=O)CCCc2nc(-c3ccncc3)no2)C(C)C1=O. The van der Waals surface area contributed by atoms with E-state index in [0.29, 0.717) is 50.0 Å². The van der Waals surface area contributed by atoms with Crippen LogP contribution in [0.25, 0.3) is 11.4 Å². The zero-order valence-corrected chi connectivity index (χ0v) is 16.7. The highest BCUT2D eigenvalue weighted by molar-refractivity contribution is 5.88. The van der Waals surface area contributed by atoms with Crippen molar-refractivity contribution in [2.24, 2.45) is 5.92 Å². The van der Waals surface area contributed by atoms with Crippen LogP contribution in [0.2, 0.25) is 0 Å². The van der Waals surface area contributed by atoms with Gasteiger partial charge in [-0.3, -0.25) is 14.6 Å². The fraction of sp³-hybridized carbons (Fsp3) is 0.550. The zero-order valence-electron chi connectivity index (χ0n) is 16.7. The van der Waals surface area contributed by atoms with Gasteiger partial charge in [-0.25, -0.2) is 0 Å². The topological polar surface area (TPSA) is 92.4 Å². The molecule has 0 bridgehead atoms. The molecule has 2 aromatic rings. The summed E-state index contributed by atoms with van der Waals surface area (Å²) >= 11 is 0. The van der Waals surface area contributed by atoms with E-state index in [9.17, 15) is 9.59 Å². The molecule has 1 atom stereocenters. The number of hydrogen-bond acceptors (Lipinski definition) is 6. The summed E-state index contributed by atoms with van der Waals surface area (Å²) in [5.41, 5.74) is 0.840. The van der Waals surface area contributed by atoms with Crippen LogP contribution in [0.4, 0.5) is 0 Å². The molecule has 0 radical (unpaired) electrons. The van der Waals surface area contributed by atoms with Crippen molar-refractivity contribution in [1.29, 1.82) is 0 Å². The van der Waals surface area contributed by atoms with Crippen LogP contribution >= 0.6 is 0 Å². The third-order valence-corrected chi connectivity index (χ3v) is 4.84. The molecular formula is C20H27N5O3. The normalized spacial score (nSPS) is 17.4. The van der Waals surface area contributed by atoms with Gasteiger partial charge in [0.25, 0.3) is 0 Å². The van der Waals surface area contributed by atoms with E-state index >= 15 is 0 Å². The number of rotatable bonds is 7. The first-order valence-corrected chi connectivity index (χ1v) is 9.77. The molecule has 3 rings (SSSR count). The van der Waals surface area contributed by atoms with Crippen molar-refractivity contribution in [2.45, 2.75) is 46.1 Å². The van der Waals surface area contributed by atoms with Gasteiger partial charge in [-0.05, 0) is 31.4 Å². The highest BCUT2D eigenvalue weighted by Gasteiger charge is 2.33. The van der Waals surface area contributed by atoms with Crippen molar-refractivity contribution < 1.29 is 14.1 Å². The Morgan fingerprint density at radius 3 is 2.75 bits per heavy atom. The molecule has 28 heavy (non-hydrogen) atoms. The molecule has 1 fully saturated rings. The van der Waals surface area contributed by atoms with Crippen LogP contribution in [-0.2, 0) is 16.0 Å². The van der Waals surface area contributed by atoms with Crippen molar-refractivity contribution >= 4 is 11.8 Å². The minimum atomic E-state index is -0.401. The lowest BCUT2D eigenvalue weighted by Crippen LogP contribution is -2.58. The average molecular weight is 385 g/mol. The lowest BCUT2D eigenvalue weighted by Gasteiger charge is -2.39. The summed E-state index contributed by atoms with van der Waals surface area (Å²) < 4.78 is 5.27. The fourth-order valence-electron chi connectivity index (χ4n) is 3.40. The van der Waals surface area contributed by atoms with Crippen molar-refractivity contribution in [3.8, 4) is 11.4 Å². The number of carbonyl (C=O) groups is 2. The van der Waals surface area contributed by atoms with Gasteiger partial charge >= 0.3 is 0 Å². The van der Waals surface area contributed by atoms with Gasteiger partial charge in [-0.15, -0.1) is 0 Å². The number of aromatic nitrogens is 3. The first kappa shape index (κ1) is 20.0. The van der Waals surface area contributed by atoms with Crippen molar-refractivity contribution in [1.82, 2.24) is 24.9 Å². The summed E-state index contributed by atoms with van der Waals surface area (Å²) in [7, 11) is 0. The second-order valence-electron chi connectivity index (χ2n) is 7.54. The van der Waals surface area contributed by atoms with Gasteiger partial charge in [0.1, 0.15) is 6.04 Å². The van der Waals surface area contributed by atoms with Crippen molar-refractivity contribution in [3.05, 3.63) is 30.4 Å². The molecule has 8 heteroatoms. The summed E-state index contributed by atoms with van der Waals surface area (Å²) in [6, 6.07) is 3.23. The van der Waals surface area contributed by atoms with Gasteiger partial charge in [0.15, 0.2) is 0 Å². The van der Waals surface area contributed by atoms with E-state index in [2.05, 4.69) is 29.0 Å². The van der Waals surface area contributed by atoms with Crippen molar-refractivity contribution in [2.75, 3.05) is 19.6 Å². The van der Waals surface area contributed by atoms with E-state index in [4.69, 9.17) is 4.52 Å². The molecule has 1 unspecified atom stereocenters. The van der Waals surface area contributed by atoms with E-state index in [1.54, 1.807) is 17.3 Å². The molecule has 150 valence electrons. The molecule has 0 N–H and O–H groups in total. The Kier molecular flexibility index (Phi) is 6.38. The molecule has 0 aromatic carbocycles. The molecule has 0 aliphatic carbocycles. The summed E-state index contributed by atoms with van der Waals surface area (Å²) in [5.74, 6) is 1.48. The fourth-order valence-corrected chi connectivity index (χ4v) is 3.40. The third kappa shape index (κ3) is 4.74. The smallest absolute Gasteiger partial charge is 0.245 e. The Morgan fingerprint density at radius 1 is 1.29 bits per heavy atom. The summed E-state index contributed by atoms with van der Waals surface area (Å²) in [6.45, 7) is 7.92. The van der Waals surface area contributed by atoms with Crippen LogP contribution in [-0.4, -0.2) is 62.4 Å². The van der Waals surface area contributed by atoms with E-state index in [1.165, 1.54) is 0 Å². The molecule has 2 aromatic heterocycles. The van der Waals surface area contributed by atoms with Gasteiger partial charge < -0.3 is 14.3 Å². The van der Waals surface area contributed by atoms with Crippen molar-refractivity contribution in [3.63, 3.8) is 0 Å². The largest absolute Gasteiger partial charge is 0.339 e. The minimum Gasteiger partial charge on any atom is -0.339 e. The number of pyridine rings is 1. The lowest BCUT2D eigenvalue weighted by atomic mass is 10.1. The number of piperazine rings is 1. The van der Waals surface area contributed by atoms with Gasteiger partial charge in [0.2, 0.25) is 23.5 Å². The van der Waals surface area contributed by atoms with E-state index in [1.807, 2.05) is 24.0 Å². The number of amides is 2. The van der Waals surface area contributed by atoms with Crippen LogP contribution in [0.3, 0.4) is 0 Å². The van der Waals surface area contributed by atoms with Gasteiger partial charge in [0, 0.05) is 50.4 Å². The van der Waals surface area contributed by atoms with E-state index in [0.717, 1.165) is 12.1 Å². The van der Waals surface area contributed by atoms with E-state index in [-0.39, 0.29) is 11.8 Å². The third-order valence-electron chi connectivity index (χ3n) is 4.84. The van der Waals surface area contributed by atoms with Crippen LogP contribution in [0, 0.1) is 5.92 Å². The molecule has 0 spiro atoms. The summed E-state index contributed by atoms with van der Waals surface area (Å²) in [4.78, 5) is 37.0. The molecule has 2 amide bonds. The lowest BCUT2D eigenvalue weighted by molar-refractivity contribution is -0.151. The van der Waals surface area contributed by atoms with Crippen LogP contribution in [0.5, 0.6) is 0 Å². The first-order chi connectivity index (χ1) is 13.5. The minimum absolute atomic E-state index is 0.00100. The molecule has 0 saturated carbocycles. The number of nitrogens with zero attached hydrogens (tertiary/aromatic N) is 5. The Hall–Kier alpha value is -2.77. The maximum atomic E-state index is 12.6. The Morgan fingerprint density at radius 2 is 2.04 bits per heavy atom. The van der Waals surface area contributed by atoms with Gasteiger partial charge in [-0.2, -0.15) is 4.98 Å². The Labute approximate surface area is 164 Å².